The third-order valence-corrected chi connectivity index (χ3v) is 3.85. The van der Waals surface area contributed by atoms with Gasteiger partial charge in [0.2, 0.25) is 0 Å². The molecule has 0 radical (unpaired) electrons. The predicted molar refractivity (Wildman–Crippen MR) is 80.9 cm³/mol. The van der Waals surface area contributed by atoms with Crippen molar-refractivity contribution in [3.8, 4) is 12.0 Å². The van der Waals surface area contributed by atoms with Crippen molar-refractivity contribution >= 4 is 6.03 Å². The van der Waals surface area contributed by atoms with Crippen molar-refractivity contribution in [2.45, 2.75) is 45.2 Å². The van der Waals surface area contributed by atoms with Gasteiger partial charge >= 0.3 is 6.03 Å². The third-order valence-electron chi connectivity index (χ3n) is 3.85. The lowest BCUT2D eigenvalue weighted by atomic mass is 10.0. The molecule has 0 aromatic heterocycles. The molecule has 1 saturated heterocycles. The number of benzene rings is 1. The van der Waals surface area contributed by atoms with Crippen LogP contribution in [0.1, 0.15) is 44.7 Å². The minimum atomic E-state index is -0.00430. The highest BCUT2D eigenvalue weighted by Crippen LogP contribution is 2.33. The lowest BCUT2D eigenvalue weighted by Crippen LogP contribution is -2.28. The zero-order valence-corrected chi connectivity index (χ0v) is 12.5. The van der Waals surface area contributed by atoms with Gasteiger partial charge in [-0.25, -0.2) is 9.69 Å². The van der Waals surface area contributed by atoms with Gasteiger partial charge < -0.3 is 4.90 Å². The lowest BCUT2D eigenvalue weighted by molar-refractivity contribution is 0.206. The van der Waals surface area contributed by atoms with Crippen molar-refractivity contribution in [2.24, 2.45) is 0 Å². The Hall–Kier alpha value is -1.95. The van der Waals surface area contributed by atoms with Crippen molar-refractivity contribution < 1.29 is 4.79 Å². The van der Waals surface area contributed by atoms with E-state index in [9.17, 15) is 4.79 Å². The minimum Gasteiger partial charge on any atom is -0.322 e. The molecule has 0 saturated carbocycles. The Morgan fingerprint density at radius 1 is 1.25 bits per heavy atom. The molecule has 1 fully saturated rings. The quantitative estimate of drug-likeness (QED) is 0.607. The molecule has 0 bridgehead atoms. The number of carbonyl (C=O) groups is 1. The highest BCUT2D eigenvalue weighted by atomic mass is 16.2. The van der Waals surface area contributed by atoms with E-state index in [4.69, 9.17) is 0 Å². The maximum absolute atomic E-state index is 12.3. The van der Waals surface area contributed by atoms with Gasteiger partial charge in [0, 0.05) is 19.5 Å². The lowest BCUT2D eigenvalue weighted by Gasteiger charge is -2.21. The summed E-state index contributed by atoms with van der Waals surface area (Å²) in [6.45, 7) is 4.22. The van der Waals surface area contributed by atoms with Crippen LogP contribution in [-0.2, 0) is 0 Å². The van der Waals surface area contributed by atoms with E-state index in [1.165, 1.54) is 0 Å². The van der Waals surface area contributed by atoms with Gasteiger partial charge in [0.15, 0.2) is 0 Å². The maximum Gasteiger partial charge on any atom is 0.332 e. The molecular weight excluding hydrogens is 248 g/mol. The van der Waals surface area contributed by atoms with Crippen LogP contribution < -0.4 is 0 Å². The highest BCUT2D eigenvalue weighted by Gasteiger charge is 2.41. The molecule has 2 atom stereocenters. The Balaban J connectivity index is 2.25. The number of hydrogen-bond acceptors (Lipinski definition) is 1. The second-order valence-corrected chi connectivity index (χ2v) is 5.25. The summed E-state index contributed by atoms with van der Waals surface area (Å²) in [6, 6.07) is 13.3. The summed E-state index contributed by atoms with van der Waals surface area (Å²) in [5, 5.41) is 0. The first-order valence-corrected chi connectivity index (χ1v) is 7.26. The van der Waals surface area contributed by atoms with Gasteiger partial charge in [-0.05, 0) is 18.9 Å². The Bertz CT molecular complexity index is 515. The number of unbranched alkanes of at least 4 members (excludes halogenated alkanes) is 2. The van der Waals surface area contributed by atoms with E-state index in [0.717, 1.165) is 24.8 Å². The van der Waals surface area contributed by atoms with Crippen molar-refractivity contribution in [1.82, 2.24) is 9.80 Å². The van der Waals surface area contributed by atoms with Gasteiger partial charge in [-0.15, -0.1) is 0 Å². The number of amides is 2. The van der Waals surface area contributed by atoms with Crippen LogP contribution in [0.4, 0.5) is 4.79 Å². The summed E-state index contributed by atoms with van der Waals surface area (Å²) in [7, 11) is 1.84. The molecule has 0 unspecified atom stereocenters. The van der Waals surface area contributed by atoms with Crippen LogP contribution >= 0.6 is 0 Å². The molecule has 106 valence electrons. The summed E-state index contributed by atoms with van der Waals surface area (Å²) in [4.78, 5) is 15.8. The summed E-state index contributed by atoms with van der Waals surface area (Å²) in [6.07, 6.45) is 3.05. The first kappa shape index (κ1) is 14.5. The van der Waals surface area contributed by atoms with Crippen LogP contribution in [0.5, 0.6) is 0 Å². The van der Waals surface area contributed by atoms with E-state index < -0.39 is 0 Å². The summed E-state index contributed by atoms with van der Waals surface area (Å²) >= 11 is 0. The monoisotopic (exact) mass is 270 g/mol. The molecule has 1 heterocycles. The Morgan fingerprint density at radius 3 is 2.60 bits per heavy atom. The van der Waals surface area contributed by atoms with Gasteiger partial charge in [0.25, 0.3) is 0 Å². The Morgan fingerprint density at radius 2 is 1.95 bits per heavy atom. The number of hydrogen-bond donors (Lipinski definition) is 0. The van der Waals surface area contributed by atoms with Crippen LogP contribution in [0, 0.1) is 12.0 Å². The zero-order chi connectivity index (χ0) is 14.5. The third kappa shape index (κ3) is 2.80. The number of likely N-dealkylation sites (N-methyl/N-ethyl adjacent to an activating group) is 1. The Labute approximate surface area is 121 Å². The fraction of sp³-hybridized carbons (Fsp3) is 0.471. The number of rotatable bonds is 3. The Kier molecular flexibility index (Phi) is 4.68. The zero-order valence-electron chi connectivity index (χ0n) is 12.5. The summed E-state index contributed by atoms with van der Waals surface area (Å²) in [5.41, 5.74) is 1.14. The molecule has 3 heteroatoms. The van der Waals surface area contributed by atoms with Crippen molar-refractivity contribution in [1.29, 1.82) is 0 Å². The van der Waals surface area contributed by atoms with Crippen LogP contribution in [0.3, 0.4) is 0 Å². The molecule has 0 N–H and O–H groups in total. The molecule has 1 aliphatic heterocycles. The van der Waals surface area contributed by atoms with Crippen molar-refractivity contribution in [3.05, 3.63) is 35.9 Å². The van der Waals surface area contributed by atoms with Crippen LogP contribution in [0.25, 0.3) is 0 Å². The van der Waals surface area contributed by atoms with E-state index in [0.29, 0.717) is 0 Å². The van der Waals surface area contributed by atoms with Gasteiger partial charge in [0.1, 0.15) is 0 Å². The van der Waals surface area contributed by atoms with E-state index in [2.05, 4.69) is 37.9 Å². The fourth-order valence-corrected chi connectivity index (χ4v) is 2.49. The molecule has 3 nitrogen and oxygen atoms in total. The van der Waals surface area contributed by atoms with E-state index in [1.54, 1.807) is 9.80 Å². The molecule has 2 rings (SSSR count). The largest absolute Gasteiger partial charge is 0.332 e. The van der Waals surface area contributed by atoms with E-state index in [1.807, 2.05) is 25.2 Å². The average Bonchev–Trinajstić information content (AvgIpc) is 2.69. The smallest absolute Gasteiger partial charge is 0.322 e. The van der Waals surface area contributed by atoms with Crippen LogP contribution in [0.15, 0.2) is 30.3 Å². The van der Waals surface area contributed by atoms with E-state index in [-0.39, 0.29) is 18.1 Å². The molecule has 1 aromatic carbocycles. The SMILES string of the molecule is CCCCC#CN1C(=O)N(C)[C@@H](C)[C@H]1c1ccccc1. The molecule has 20 heavy (non-hydrogen) atoms. The first-order chi connectivity index (χ1) is 9.66. The minimum absolute atomic E-state index is 0.00430. The average molecular weight is 270 g/mol. The molecule has 0 spiro atoms. The second-order valence-electron chi connectivity index (χ2n) is 5.25. The van der Waals surface area contributed by atoms with Crippen molar-refractivity contribution in [3.63, 3.8) is 0 Å². The topological polar surface area (TPSA) is 23.6 Å². The van der Waals surface area contributed by atoms with Crippen LogP contribution in [0.2, 0.25) is 0 Å². The number of nitrogens with zero attached hydrogens (tertiary/aromatic N) is 2. The molecule has 2 amide bonds. The number of carbonyl (C=O) groups excluding carboxylic acids is 1. The standard InChI is InChI=1S/C17H22N2O/c1-4-5-6-10-13-19-16(14(2)18(3)17(19)20)15-11-8-7-9-12-15/h7-9,11-12,14,16H,4-6H2,1-3H3/t14-,16-/m0/s1. The molecule has 0 aliphatic carbocycles. The van der Waals surface area contributed by atoms with Gasteiger partial charge in [-0.2, -0.15) is 0 Å². The summed E-state index contributed by atoms with van der Waals surface area (Å²) < 4.78 is 0. The molecule has 1 aliphatic rings. The molecule has 1 aromatic rings. The maximum atomic E-state index is 12.3. The predicted octanol–water partition coefficient (Wildman–Crippen LogP) is 3.63. The van der Waals surface area contributed by atoms with E-state index >= 15 is 0 Å². The van der Waals surface area contributed by atoms with Crippen molar-refractivity contribution in [2.75, 3.05) is 7.05 Å². The summed E-state index contributed by atoms with van der Waals surface area (Å²) in [5.74, 6) is 3.13. The van der Waals surface area contributed by atoms with Crippen LogP contribution in [-0.4, -0.2) is 28.9 Å². The second kappa shape index (κ2) is 6.47. The molecular formula is C17H22N2O. The highest BCUT2D eigenvalue weighted by molar-refractivity contribution is 5.80. The number of urea groups is 1. The van der Waals surface area contributed by atoms with Gasteiger partial charge in [-0.1, -0.05) is 49.6 Å². The first-order valence-electron chi connectivity index (χ1n) is 7.26. The fourth-order valence-electron chi connectivity index (χ4n) is 2.49. The normalized spacial score (nSPS) is 21.9. The van der Waals surface area contributed by atoms with Gasteiger partial charge in [-0.3, -0.25) is 0 Å². The van der Waals surface area contributed by atoms with Gasteiger partial charge in [0.05, 0.1) is 12.1 Å².